The minimum Gasteiger partial charge on any atom is -0.356 e. The van der Waals surface area contributed by atoms with Crippen LogP contribution in [0.3, 0.4) is 0 Å². The van der Waals surface area contributed by atoms with Gasteiger partial charge >= 0.3 is 0 Å². The maximum absolute atomic E-state index is 10.6. The summed E-state index contributed by atoms with van der Waals surface area (Å²) in [6, 6.07) is 0. The molecule has 0 atom stereocenters. The monoisotopic (exact) mass is 130 g/mol. The van der Waals surface area contributed by atoms with Gasteiger partial charge in [0, 0.05) is 19.5 Å². The molecule has 0 aromatic heterocycles. The smallest absolute Gasteiger partial charge is 0.221 e. The molecule has 0 saturated carbocycles. The van der Waals surface area contributed by atoms with Crippen molar-refractivity contribution >= 4 is 5.91 Å². The maximum Gasteiger partial charge on any atom is 0.221 e. The summed E-state index contributed by atoms with van der Waals surface area (Å²) in [4.78, 5) is 10.6. The second-order valence-electron chi connectivity index (χ2n) is 1.89. The molecule has 0 fully saturated rings. The lowest BCUT2D eigenvalue weighted by atomic mass is 10.4. The molecule has 0 unspecified atom stereocenters. The normalized spacial score (nSPS) is 9.11. The van der Waals surface area contributed by atoms with Gasteiger partial charge in [0.2, 0.25) is 5.91 Å². The first-order valence-electron chi connectivity index (χ1n) is 3.28. The fraction of sp³-hybridized carbons (Fsp3) is 0.833. The molecule has 0 heterocycles. The lowest BCUT2D eigenvalue weighted by Crippen LogP contribution is -2.25. The van der Waals surface area contributed by atoms with E-state index in [0.717, 1.165) is 13.0 Å². The molecule has 0 aliphatic carbocycles. The number of nitrogens with one attached hydrogen (secondary N) is 1. The molecule has 1 amide bonds. The van der Waals surface area contributed by atoms with Crippen molar-refractivity contribution in [1.82, 2.24) is 5.32 Å². The van der Waals surface area contributed by atoms with Crippen molar-refractivity contribution < 1.29 is 4.79 Å². The Kier molecular flexibility index (Phi) is 5.21. The zero-order chi connectivity index (χ0) is 7.11. The summed E-state index contributed by atoms with van der Waals surface area (Å²) >= 11 is 0. The van der Waals surface area contributed by atoms with Crippen LogP contribution in [-0.4, -0.2) is 19.0 Å². The second kappa shape index (κ2) is 5.56. The number of hydrogen-bond acceptors (Lipinski definition) is 2. The molecule has 0 bridgehead atoms. The quantitative estimate of drug-likeness (QED) is 0.556. The Morgan fingerprint density at radius 1 is 1.67 bits per heavy atom. The van der Waals surface area contributed by atoms with Gasteiger partial charge < -0.3 is 11.1 Å². The summed E-state index contributed by atoms with van der Waals surface area (Å²) in [5.41, 5.74) is 5.14. The lowest BCUT2D eigenvalue weighted by Gasteiger charge is -1.99. The average Bonchev–Trinajstić information content (AvgIpc) is 1.85. The molecule has 0 aliphatic heterocycles. The topological polar surface area (TPSA) is 55.1 Å². The van der Waals surface area contributed by atoms with Crippen molar-refractivity contribution in [2.45, 2.75) is 19.8 Å². The van der Waals surface area contributed by atoms with Crippen molar-refractivity contribution in [3.8, 4) is 0 Å². The summed E-state index contributed by atoms with van der Waals surface area (Å²) in [7, 11) is 0. The molecule has 0 aromatic carbocycles. The standard InChI is InChI=1S/C6H14N2O/c1-2-5-8-6(9)3-4-7/h2-5,7H2,1H3,(H,8,9). The maximum atomic E-state index is 10.6. The van der Waals surface area contributed by atoms with Gasteiger partial charge in [-0.1, -0.05) is 6.92 Å². The van der Waals surface area contributed by atoms with Crippen molar-refractivity contribution in [1.29, 1.82) is 0 Å². The van der Waals surface area contributed by atoms with Crippen LogP contribution >= 0.6 is 0 Å². The molecule has 3 heteroatoms. The first-order chi connectivity index (χ1) is 4.31. The summed E-state index contributed by atoms with van der Waals surface area (Å²) < 4.78 is 0. The van der Waals surface area contributed by atoms with E-state index in [1.807, 2.05) is 6.92 Å². The van der Waals surface area contributed by atoms with Crippen LogP contribution in [0.25, 0.3) is 0 Å². The molecule has 0 aromatic rings. The number of carbonyl (C=O) groups excluding carboxylic acids is 1. The van der Waals surface area contributed by atoms with E-state index in [1.165, 1.54) is 0 Å². The van der Waals surface area contributed by atoms with Crippen molar-refractivity contribution in [3.63, 3.8) is 0 Å². The fourth-order valence-corrected chi connectivity index (χ4v) is 0.484. The molecular formula is C6H14N2O. The number of nitrogens with two attached hydrogens (primary N) is 1. The number of carbonyl (C=O) groups is 1. The molecular weight excluding hydrogens is 116 g/mol. The van der Waals surface area contributed by atoms with Crippen LogP contribution in [0, 0.1) is 0 Å². The SMILES string of the molecule is CCCNC(=O)CCN. The summed E-state index contributed by atoms with van der Waals surface area (Å²) in [5, 5.41) is 2.71. The number of hydrogen-bond donors (Lipinski definition) is 2. The summed E-state index contributed by atoms with van der Waals surface area (Å²) in [6.07, 6.45) is 1.43. The van der Waals surface area contributed by atoms with Crippen LogP contribution in [0.4, 0.5) is 0 Å². The lowest BCUT2D eigenvalue weighted by molar-refractivity contribution is -0.120. The van der Waals surface area contributed by atoms with Crippen LogP contribution in [-0.2, 0) is 4.79 Å². The van der Waals surface area contributed by atoms with E-state index < -0.39 is 0 Å². The van der Waals surface area contributed by atoms with Crippen LogP contribution in [0.1, 0.15) is 19.8 Å². The highest BCUT2D eigenvalue weighted by Gasteiger charge is 1.94. The average molecular weight is 130 g/mol. The molecule has 0 radical (unpaired) electrons. The Bertz CT molecular complexity index is 83.1. The predicted molar refractivity (Wildman–Crippen MR) is 37.0 cm³/mol. The Morgan fingerprint density at radius 3 is 2.78 bits per heavy atom. The Balaban J connectivity index is 3.06. The molecule has 0 rings (SSSR count). The van der Waals surface area contributed by atoms with Gasteiger partial charge in [0.15, 0.2) is 0 Å². The summed E-state index contributed by atoms with van der Waals surface area (Å²) in [5.74, 6) is 0.0550. The van der Waals surface area contributed by atoms with Gasteiger partial charge in [0.05, 0.1) is 0 Å². The first kappa shape index (κ1) is 8.43. The molecule has 0 saturated heterocycles. The molecule has 3 N–H and O–H groups in total. The Morgan fingerprint density at radius 2 is 2.33 bits per heavy atom. The van der Waals surface area contributed by atoms with Crippen molar-refractivity contribution in [3.05, 3.63) is 0 Å². The van der Waals surface area contributed by atoms with E-state index >= 15 is 0 Å². The van der Waals surface area contributed by atoms with Gasteiger partial charge in [0.1, 0.15) is 0 Å². The van der Waals surface area contributed by atoms with Crippen LogP contribution in [0.2, 0.25) is 0 Å². The highest BCUT2D eigenvalue weighted by Crippen LogP contribution is 1.75. The van der Waals surface area contributed by atoms with Gasteiger partial charge in [0.25, 0.3) is 0 Å². The second-order valence-corrected chi connectivity index (χ2v) is 1.89. The van der Waals surface area contributed by atoms with Gasteiger partial charge in [-0.25, -0.2) is 0 Å². The van der Waals surface area contributed by atoms with E-state index in [-0.39, 0.29) is 5.91 Å². The third-order valence-corrected chi connectivity index (χ3v) is 0.944. The van der Waals surface area contributed by atoms with Crippen molar-refractivity contribution in [2.75, 3.05) is 13.1 Å². The van der Waals surface area contributed by atoms with Gasteiger partial charge in [-0.3, -0.25) is 4.79 Å². The Hall–Kier alpha value is -0.570. The zero-order valence-corrected chi connectivity index (χ0v) is 5.81. The van der Waals surface area contributed by atoms with Crippen LogP contribution in [0.5, 0.6) is 0 Å². The van der Waals surface area contributed by atoms with Gasteiger partial charge in [-0.15, -0.1) is 0 Å². The largest absolute Gasteiger partial charge is 0.356 e. The van der Waals surface area contributed by atoms with Crippen LogP contribution < -0.4 is 11.1 Å². The first-order valence-corrected chi connectivity index (χ1v) is 3.28. The number of amides is 1. The third kappa shape index (κ3) is 5.30. The van der Waals surface area contributed by atoms with E-state index in [9.17, 15) is 4.79 Å². The van der Waals surface area contributed by atoms with Crippen LogP contribution in [0.15, 0.2) is 0 Å². The molecule has 54 valence electrons. The van der Waals surface area contributed by atoms with E-state index in [2.05, 4.69) is 5.32 Å². The Labute approximate surface area is 55.6 Å². The minimum atomic E-state index is 0.0550. The van der Waals surface area contributed by atoms with Gasteiger partial charge in [-0.05, 0) is 6.42 Å². The molecule has 0 aliphatic rings. The minimum absolute atomic E-state index is 0.0550. The highest BCUT2D eigenvalue weighted by atomic mass is 16.1. The molecule has 9 heavy (non-hydrogen) atoms. The predicted octanol–water partition coefficient (Wildman–Crippen LogP) is -0.139. The van der Waals surface area contributed by atoms with E-state index in [1.54, 1.807) is 0 Å². The molecule has 3 nitrogen and oxygen atoms in total. The molecule has 0 spiro atoms. The summed E-state index contributed by atoms with van der Waals surface area (Å²) in [6.45, 7) is 3.22. The van der Waals surface area contributed by atoms with E-state index in [0.29, 0.717) is 13.0 Å². The highest BCUT2D eigenvalue weighted by molar-refractivity contribution is 5.75. The van der Waals surface area contributed by atoms with Crippen molar-refractivity contribution in [2.24, 2.45) is 5.73 Å². The third-order valence-electron chi connectivity index (χ3n) is 0.944. The van der Waals surface area contributed by atoms with Gasteiger partial charge in [-0.2, -0.15) is 0 Å². The number of rotatable bonds is 4. The fourth-order valence-electron chi connectivity index (χ4n) is 0.484. The zero-order valence-electron chi connectivity index (χ0n) is 5.81. The van der Waals surface area contributed by atoms with E-state index in [4.69, 9.17) is 5.73 Å².